The smallest absolute Gasteiger partial charge is 0.271 e. The quantitative estimate of drug-likeness (QED) is 0.332. The van der Waals surface area contributed by atoms with E-state index in [2.05, 4.69) is 15.5 Å². The summed E-state index contributed by atoms with van der Waals surface area (Å²) in [5.41, 5.74) is 1.13. The van der Waals surface area contributed by atoms with Crippen molar-refractivity contribution in [2.75, 3.05) is 5.32 Å². The highest BCUT2D eigenvalue weighted by molar-refractivity contribution is 8.00. The lowest BCUT2D eigenvalue weighted by Gasteiger charge is -2.13. The molecule has 8 nitrogen and oxygen atoms in total. The number of carbonyl (C=O) groups excluding carboxylic acids is 1. The fourth-order valence-corrected chi connectivity index (χ4v) is 3.76. The third kappa shape index (κ3) is 4.75. The van der Waals surface area contributed by atoms with Gasteiger partial charge in [0.1, 0.15) is 0 Å². The highest BCUT2D eigenvalue weighted by Gasteiger charge is 2.21. The lowest BCUT2D eigenvalue weighted by molar-refractivity contribution is -0.384. The fraction of sp³-hybridized carbons (Fsp3) is 0.211. The molecule has 0 spiro atoms. The van der Waals surface area contributed by atoms with Crippen LogP contribution in [0.3, 0.4) is 0 Å². The van der Waals surface area contributed by atoms with Gasteiger partial charge in [-0.1, -0.05) is 53.7 Å². The number of hydrogen-bond acceptors (Lipinski definition) is 6. The zero-order valence-electron chi connectivity index (χ0n) is 15.7. The summed E-state index contributed by atoms with van der Waals surface area (Å²) in [6.45, 7) is 4.39. The number of aromatic nitrogens is 3. The van der Waals surface area contributed by atoms with E-state index in [0.29, 0.717) is 17.4 Å². The van der Waals surface area contributed by atoms with Crippen molar-refractivity contribution in [1.82, 2.24) is 14.8 Å². The molecule has 0 aliphatic heterocycles. The Morgan fingerprint density at radius 3 is 2.62 bits per heavy atom. The molecule has 1 amide bonds. The van der Waals surface area contributed by atoms with Gasteiger partial charge in [0.05, 0.1) is 20.9 Å². The summed E-state index contributed by atoms with van der Waals surface area (Å²) in [4.78, 5) is 22.8. The Labute approximate surface area is 176 Å². The van der Waals surface area contributed by atoms with E-state index in [1.54, 1.807) is 6.92 Å². The topological polar surface area (TPSA) is 103 Å². The second-order valence-electron chi connectivity index (χ2n) is 6.09. The van der Waals surface area contributed by atoms with Crippen molar-refractivity contribution in [1.29, 1.82) is 0 Å². The number of nitro benzene ring substituents is 1. The molecule has 0 bridgehead atoms. The average Bonchev–Trinajstić information content (AvgIpc) is 3.12. The molecular formula is C19H18ClN5O3S. The largest absolute Gasteiger partial charge is 0.324 e. The lowest BCUT2D eigenvalue weighted by Crippen LogP contribution is -2.23. The first kappa shape index (κ1) is 20.8. The standard InChI is InChI=1S/C19H18ClN5O3S/c1-3-24-17(13-7-5-4-6-8-13)22-23-19(24)29-12(2)18(26)21-16-10-9-14(25(27)28)11-15(16)20/h4-12H,3H2,1-2H3,(H,21,26)/t12-/m1/s1. The normalized spacial score (nSPS) is 11.8. The van der Waals surface area contributed by atoms with E-state index in [1.807, 2.05) is 41.8 Å². The molecule has 1 aromatic heterocycles. The number of halogens is 1. The highest BCUT2D eigenvalue weighted by Crippen LogP contribution is 2.30. The van der Waals surface area contributed by atoms with Crippen LogP contribution in [-0.2, 0) is 11.3 Å². The van der Waals surface area contributed by atoms with Crippen LogP contribution >= 0.6 is 23.4 Å². The number of anilines is 1. The molecule has 1 heterocycles. The minimum absolute atomic E-state index is 0.104. The number of nitro groups is 1. The number of nitrogens with zero attached hydrogens (tertiary/aromatic N) is 4. The summed E-state index contributed by atoms with van der Waals surface area (Å²) in [6.07, 6.45) is 0. The molecule has 0 aliphatic carbocycles. The zero-order chi connectivity index (χ0) is 21.0. The highest BCUT2D eigenvalue weighted by atomic mass is 35.5. The Morgan fingerprint density at radius 1 is 1.28 bits per heavy atom. The second-order valence-corrected chi connectivity index (χ2v) is 7.80. The predicted molar refractivity (Wildman–Crippen MR) is 113 cm³/mol. The van der Waals surface area contributed by atoms with Gasteiger partial charge in [0.15, 0.2) is 11.0 Å². The molecule has 0 radical (unpaired) electrons. The van der Waals surface area contributed by atoms with Crippen LogP contribution in [0.2, 0.25) is 5.02 Å². The SMILES string of the molecule is CCn1c(S[C@H](C)C(=O)Nc2ccc([N+](=O)[O-])cc2Cl)nnc1-c1ccccc1. The number of carbonyl (C=O) groups is 1. The summed E-state index contributed by atoms with van der Waals surface area (Å²) < 4.78 is 1.95. The molecule has 29 heavy (non-hydrogen) atoms. The zero-order valence-corrected chi connectivity index (χ0v) is 17.3. The van der Waals surface area contributed by atoms with Crippen molar-refractivity contribution in [3.63, 3.8) is 0 Å². The third-order valence-electron chi connectivity index (χ3n) is 4.14. The molecule has 0 unspecified atom stereocenters. The van der Waals surface area contributed by atoms with E-state index in [0.717, 1.165) is 11.4 Å². The molecule has 1 N–H and O–H groups in total. The Balaban J connectivity index is 1.73. The Morgan fingerprint density at radius 2 is 2.00 bits per heavy atom. The van der Waals surface area contributed by atoms with Crippen LogP contribution in [-0.4, -0.2) is 30.8 Å². The predicted octanol–water partition coefficient (Wildman–Crippen LogP) is 4.65. The van der Waals surface area contributed by atoms with Crippen molar-refractivity contribution in [2.45, 2.75) is 30.8 Å². The Kier molecular flexibility index (Phi) is 6.50. The van der Waals surface area contributed by atoms with Gasteiger partial charge >= 0.3 is 0 Å². The van der Waals surface area contributed by atoms with Crippen LogP contribution in [0.5, 0.6) is 0 Å². The van der Waals surface area contributed by atoms with Gasteiger partial charge in [-0.2, -0.15) is 0 Å². The van der Waals surface area contributed by atoms with Crippen molar-refractivity contribution >= 4 is 40.6 Å². The summed E-state index contributed by atoms with van der Waals surface area (Å²) in [5.74, 6) is 0.444. The first-order valence-electron chi connectivity index (χ1n) is 8.80. The summed E-state index contributed by atoms with van der Waals surface area (Å²) in [7, 11) is 0. The van der Waals surface area contributed by atoms with E-state index in [9.17, 15) is 14.9 Å². The summed E-state index contributed by atoms with van der Waals surface area (Å²) in [6, 6.07) is 13.6. The van der Waals surface area contributed by atoms with Crippen molar-refractivity contribution in [2.24, 2.45) is 0 Å². The molecule has 0 saturated carbocycles. The van der Waals surface area contributed by atoms with Gasteiger partial charge in [-0.25, -0.2) is 0 Å². The maximum Gasteiger partial charge on any atom is 0.271 e. The molecule has 0 fully saturated rings. The van der Waals surface area contributed by atoms with E-state index < -0.39 is 10.2 Å². The van der Waals surface area contributed by atoms with Crippen LogP contribution in [0, 0.1) is 10.1 Å². The molecule has 150 valence electrons. The van der Waals surface area contributed by atoms with Crippen LogP contribution in [0.4, 0.5) is 11.4 Å². The van der Waals surface area contributed by atoms with Gasteiger partial charge in [-0.15, -0.1) is 10.2 Å². The van der Waals surface area contributed by atoms with Gasteiger partial charge in [0.2, 0.25) is 5.91 Å². The molecule has 0 aliphatic rings. The third-order valence-corrected chi connectivity index (χ3v) is 5.53. The number of thioether (sulfide) groups is 1. The van der Waals surface area contributed by atoms with Crippen LogP contribution in [0.25, 0.3) is 11.4 Å². The molecular weight excluding hydrogens is 414 g/mol. The van der Waals surface area contributed by atoms with Gasteiger partial charge in [-0.3, -0.25) is 14.9 Å². The molecule has 10 heteroatoms. The van der Waals surface area contributed by atoms with E-state index in [4.69, 9.17) is 11.6 Å². The molecule has 2 aromatic carbocycles. The number of amides is 1. The number of nitrogens with one attached hydrogen (secondary N) is 1. The minimum Gasteiger partial charge on any atom is -0.324 e. The lowest BCUT2D eigenvalue weighted by atomic mass is 10.2. The number of benzene rings is 2. The van der Waals surface area contributed by atoms with Crippen LogP contribution < -0.4 is 5.32 Å². The second kappa shape index (κ2) is 9.06. The molecule has 3 rings (SSSR count). The van der Waals surface area contributed by atoms with Crippen molar-refractivity contribution in [3.8, 4) is 11.4 Å². The maximum atomic E-state index is 12.6. The van der Waals surface area contributed by atoms with Gasteiger partial charge < -0.3 is 9.88 Å². The minimum atomic E-state index is -0.544. The van der Waals surface area contributed by atoms with Crippen LogP contribution in [0.15, 0.2) is 53.7 Å². The van der Waals surface area contributed by atoms with Gasteiger partial charge in [0.25, 0.3) is 5.69 Å². The van der Waals surface area contributed by atoms with Gasteiger partial charge in [0, 0.05) is 24.2 Å². The first-order chi connectivity index (χ1) is 13.9. The van der Waals surface area contributed by atoms with Crippen LogP contribution in [0.1, 0.15) is 13.8 Å². The van der Waals surface area contributed by atoms with Crippen molar-refractivity contribution in [3.05, 3.63) is 63.7 Å². The molecule has 0 saturated heterocycles. The summed E-state index contributed by atoms with van der Waals surface area (Å²) in [5, 5.41) is 22.3. The first-order valence-corrected chi connectivity index (χ1v) is 10.1. The Bertz CT molecular complexity index is 1040. The fourth-order valence-electron chi connectivity index (χ4n) is 2.63. The molecule has 3 aromatic rings. The van der Waals surface area contributed by atoms with E-state index in [-0.39, 0.29) is 16.6 Å². The van der Waals surface area contributed by atoms with E-state index >= 15 is 0 Å². The molecule has 1 atom stereocenters. The van der Waals surface area contributed by atoms with Gasteiger partial charge in [-0.05, 0) is 19.9 Å². The van der Waals surface area contributed by atoms with E-state index in [1.165, 1.54) is 30.0 Å². The number of hydrogen-bond donors (Lipinski definition) is 1. The number of non-ortho nitro benzene ring substituents is 1. The summed E-state index contributed by atoms with van der Waals surface area (Å²) >= 11 is 7.33. The van der Waals surface area contributed by atoms with Crippen molar-refractivity contribution < 1.29 is 9.72 Å². The monoisotopic (exact) mass is 431 g/mol. The average molecular weight is 432 g/mol. The maximum absolute atomic E-state index is 12.6. The number of rotatable bonds is 7. The Hall–Kier alpha value is -2.91.